The maximum absolute atomic E-state index is 2.41. The summed E-state index contributed by atoms with van der Waals surface area (Å²) in [5.74, 6) is 0.284. The number of hydrogen-bond donors (Lipinski definition) is 0. The van der Waals surface area contributed by atoms with Crippen molar-refractivity contribution in [3.63, 3.8) is 0 Å². The summed E-state index contributed by atoms with van der Waals surface area (Å²) < 4.78 is 0. The number of nitrogens with zero attached hydrogens (tertiary/aromatic N) is 1. The smallest absolute Gasteiger partial charge is 0.0468 e. The summed E-state index contributed by atoms with van der Waals surface area (Å²) in [6.45, 7) is 0. The summed E-state index contributed by atoms with van der Waals surface area (Å²) >= 11 is 0. The van der Waals surface area contributed by atoms with Crippen molar-refractivity contribution in [2.24, 2.45) is 0 Å². The van der Waals surface area contributed by atoms with Crippen LogP contribution in [0.5, 0.6) is 0 Å². The molecule has 4 bridgehead atoms. The van der Waals surface area contributed by atoms with Crippen LogP contribution in [0, 0.1) is 0 Å². The molecule has 0 N–H and O–H groups in total. The van der Waals surface area contributed by atoms with Gasteiger partial charge < -0.3 is 4.90 Å². The van der Waals surface area contributed by atoms with E-state index in [1.165, 1.54) is 61.2 Å². The van der Waals surface area contributed by atoms with Crippen molar-refractivity contribution < 1.29 is 0 Å². The molecule has 0 saturated heterocycles. The summed E-state index contributed by atoms with van der Waals surface area (Å²) in [6.07, 6.45) is 0.975. The first kappa shape index (κ1) is 25.8. The lowest BCUT2D eigenvalue weighted by molar-refractivity contribution is 0.796. The summed E-state index contributed by atoms with van der Waals surface area (Å²) in [7, 11) is 0. The topological polar surface area (TPSA) is 3.24 Å². The van der Waals surface area contributed by atoms with Crippen LogP contribution in [0.3, 0.4) is 0 Å². The Morgan fingerprint density at radius 1 is 0.333 bits per heavy atom. The first-order valence-corrected chi connectivity index (χ1v) is 15.8. The minimum atomic E-state index is 0.284. The zero-order valence-corrected chi connectivity index (χ0v) is 24.9. The van der Waals surface area contributed by atoms with Gasteiger partial charge in [-0.25, -0.2) is 0 Å². The average molecular weight is 574 g/mol. The van der Waals surface area contributed by atoms with E-state index in [1.807, 2.05) is 0 Å². The second kappa shape index (κ2) is 10.5. The van der Waals surface area contributed by atoms with E-state index in [-0.39, 0.29) is 5.92 Å². The Kier molecular flexibility index (Phi) is 6.02. The van der Waals surface area contributed by atoms with E-state index in [9.17, 15) is 0 Å². The van der Waals surface area contributed by atoms with Crippen molar-refractivity contribution in [1.29, 1.82) is 0 Å². The van der Waals surface area contributed by atoms with E-state index in [2.05, 4.69) is 175 Å². The van der Waals surface area contributed by atoms with Crippen LogP contribution in [0.15, 0.2) is 170 Å². The van der Waals surface area contributed by atoms with Gasteiger partial charge in [-0.2, -0.15) is 0 Å². The lowest BCUT2D eigenvalue weighted by Gasteiger charge is -2.33. The normalized spacial score (nSPS) is 13.9. The number of para-hydroxylation sites is 2. The minimum absolute atomic E-state index is 0.284. The summed E-state index contributed by atoms with van der Waals surface area (Å²) in [6, 6.07) is 62.5. The molecule has 0 aromatic heterocycles. The molecule has 0 heterocycles. The molecule has 212 valence electrons. The lowest BCUT2D eigenvalue weighted by Crippen LogP contribution is -2.15. The molecule has 45 heavy (non-hydrogen) atoms. The number of hydrogen-bond acceptors (Lipinski definition) is 1. The molecule has 0 fully saturated rings. The van der Waals surface area contributed by atoms with Crippen molar-refractivity contribution >= 4 is 17.1 Å². The third-order valence-corrected chi connectivity index (χ3v) is 9.63. The van der Waals surface area contributed by atoms with Gasteiger partial charge in [-0.05, 0) is 104 Å². The summed E-state index contributed by atoms with van der Waals surface area (Å²) in [5, 5.41) is 0. The number of rotatable bonds is 3. The van der Waals surface area contributed by atoms with Gasteiger partial charge in [-0.15, -0.1) is 0 Å². The van der Waals surface area contributed by atoms with Gasteiger partial charge in [0.2, 0.25) is 0 Å². The van der Waals surface area contributed by atoms with Crippen LogP contribution < -0.4 is 4.90 Å². The standard InChI is InChI=1S/C44H31N/c1-3-14-30(15-4-1)45(31-16-5-2-6-17-31)32-26-27-41-40-25-13-24-39-35-20-9-12-23-38(35)43(29-44(39)40)37-22-11-8-19-34(37)33-18-7-10-21-36(33)42(41)28-32/h1-28,43H,29H2. The van der Waals surface area contributed by atoms with Crippen LogP contribution in [0.1, 0.15) is 22.6 Å². The molecule has 1 nitrogen and oxygen atoms in total. The number of anilines is 3. The molecule has 9 rings (SSSR count). The van der Waals surface area contributed by atoms with Gasteiger partial charge in [0, 0.05) is 23.0 Å². The largest absolute Gasteiger partial charge is 0.310 e. The highest BCUT2D eigenvalue weighted by molar-refractivity contribution is 5.98. The van der Waals surface area contributed by atoms with Crippen molar-refractivity contribution in [3.8, 4) is 44.5 Å². The molecule has 0 saturated carbocycles. The van der Waals surface area contributed by atoms with Crippen molar-refractivity contribution in [2.45, 2.75) is 12.3 Å². The highest BCUT2D eigenvalue weighted by Gasteiger charge is 2.31. The summed E-state index contributed by atoms with van der Waals surface area (Å²) in [4.78, 5) is 2.36. The molecule has 0 amide bonds. The summed E-state index contributed by atoms with van der Waals surface area (Å²) in [5.41, 5.74) is 18.1. The molecular weight excluding hydrogens is 542 g/mol. The van der Waals surface area contributed by atoms with Gasteiger partial charge in [-0.1, -0.05) is 133 Å². The van der Waals surface area contributed by atoms with E-state index >= 15 is 0 Å². The van der Waals surface area contributed by atoms with Gasteiger partial charge in [0.1, 0.15) is 0 Å². The Bertz CT molecular complexity index is 2160. The highest BCUT2D eigenvalue weighted by atomic mass is 15.1. The molecule has 1 unspecified atom stereocenters. The van der Waals surface area contributed by atoms with E-state index < -0.39 is 0 Å². The Labute approximate surface area is 264 Å². The van der Waals surface area contributed by atoms with Crippen LogP contribution in [-0.4, -0.2) is 0 Å². The van der Waals surface area contributed by atoms with E-state index in [1.54, 1.807) is 0 Å². The van der Waals surface area contributed by atoms with Gasteiger partial charge in [0.05, 0.1) is 0 Å². The monoisotopic (exact) mass is 573 g/mol. The number of benzene rings is 7. The average Bonchev–Trinajstić information content (AvgIpc) is 3.12. The second-order valence-corrected chi connectivity index (χ2v) is 12.0. The third kappa shape index (κ3) is 4.16. The minimum Gasteiger partial charge on any atom is -0.310 e. The van der Waals surface area contributed by atoms with Crippen molar-refractivity contribution in [1.82, 2.24) is 0 Å². The van der Waals surface area contributed by atoms with Crippen molar-refractivity contribution in [2.75, 3.05) is 4.90 Å². The second-order valence-electron chi connectivity index (χ2n) is 12.0. The van der Waals surface area contributed by atoms with E-state index in [0.29, 0.717) is 0 Å². The van der Waals surface area contributed by atoms with Crippen LogP contribution in [-0.2, 0) is 6.42 Å². The molecule has 2 aliphatic carbocycles. The third-order valence-electron chi connectivity index (χ3n) is 9.63. The van der Waals surface area contributed by atoms with Gasteiger partial charge in [0.25, 0.3) is 0 Å². The Morgan fingerprint density at radius 2 is 0.778 bits per heavy atom. The molecular formula is C44H31N. The number of fused-ring (bicyclic) bond motifs is 7. The fraction of sp³-hybridized carbons (Fsp3) is 0.0455. The first-order chi connectivity index (χ1) is 22.3. The molecule has 2 aliphatic rings. The van der Waals surface area contributed by atoms with E-state index in [0.717, 1.165) is 23.5 Å². The maximum atomic E-state index is 2.41. The first-order valence-electron chi connectivity index (χ1n) is 15.8. The maximum Gasteiger partial charge on any atom is 0.0468 e. The lowest BCUT2D eigenvalue weighted by atomic mass is 9.71. The molecule has 0 radical (unpaired) electrons. The SMILES string of the molecule is c1ccc(N(c2ccccc2)c2ccc3c(c2)-c2ccccc2-c2ccccc2C2Cc4c-3cccc4-c3ccccc32)cc1. The zero-order chi connectivity index (χ0) is 29.7. The molecule has 0 aliphatic heterocycles. The molecule has 7 aromatic rings. The van der Waals surface area contributed by atoms with Crippen molar-refractivity contribution in [3.05, 3.63) is 187 Å². The Hall–Kier alpha value is -5.66. The van der Waals surface area contributed by atoms with Crippen LogP contribution in [0.2, 0.25) is 0 Å². The van der Waals surface area contributed by atoms with E-state index in [4.69, 9.17) is 0 Å². The Morgan fingerprint density at radius 3 is 1.40 bits per heavy atom. The molecule has 1 heteroatoms. The van der Waals surface area contributed by atoms with Crippen LogP contribution in [0.4, 0.5) is 17.1 Å². The van der Waals surface area contributed by atoms with Gasteiger partial charge >= 0.3 is 0 Å². The van der Waals surface area contributed by atoms with Gasteiger partial charge in [0.15, 0.2) is 0 Å². The molecule has 7 aromatic carbocycles. The fourth-order valence-electron chi connectivity index (χ4n) is 7.68. The Balaban J connectivity index is 1.38. The molecule has 1 atom stereocenters. The highest BCUT2D eigenvalue weighted by Crippen LogP contribution is 2.52. The quantitative estimate of drug-likeness (QED) is 0.203. The zero-order valence-electron chi connectivity index (χ0n) is 24.9. The van der Waals surface area contributed by atoms with Gasteiger partial charge in [-0.3, -0.25) is 0 Å². The predicted molar refractivity (Wildman–Crippen MR) is 188 cm³/mol. The predicted octanol–water partition coefficient (Wildman–Crippen LogP) is 11.8. The molecule has 0 spiro atoms. The fourth-order valence-corrected chi connectivity index (χ4v) is 7.68. The van der Waals surface area contributed by atoms with Crippen LogP contribution in [0.25, 0.3) is 44.5 Å². The van der Waals surface area contributed by atoms with Crippen LogP contribution >= 0.6 is 0 Å².